The molecule has 56 heavy (non-hydrogen) atoms. The molecule has 0 fully saturated rings. The number of fused-ring (bicyclic) bond motifs is 6. The summed E-state index contributed by atoms with van der Waals surface area (Å²) in [7, 11) is 0. The first-order valence-electron chi connectivity index (χ1n) is 23.7. The fraction of sp³-hybridized carbons (Fsp3) is 0.0370. The maximum Gasteiger partial charge on any atom is 0.0645 e. The zero-order valence-corrected chi connectivity index (χ0v) is 30.1. The van der Waals surface area contributed by atoms with Crippen molar-refractivity contribution in [3.8, 4) is 39.1 Å². The van der Waals surface area contributed by atoms with Crippen LogP contribution in [0.25, 0.3) is 88.4 Å². The molecule has 0 saturated carbocycles. The van der Waals surface area contributed by atoms with Gasteiger partial charge >= 0.3 is 0 Å². The van der Waals surface area contributed by atoms with Gasteiger partial charge in [-0.1, -0.05) is 158 Å². The van der Waals surface area contributed by atoms with Crippen molar-refractivity contribution in [2.75, 3.05) is 0 Å². The third-order valence-corrected chi connectivity index (χ3v) is 10.8. The molecule has 1 unspecified atom stereocenters. The van der Waals surface area contributed by atoms with Gasteiger partial charge in [0.25, 0.3) is 0 Å². The van der Waals surface area contributed by atoms with E-state index in [1.54, 1.807) is 30.3 Å². The minimum atomic E-state index is -0.514. The predicted octanol–water partition coefficient (Wildman–Crippen LogP) is 14.5. The molecule has 11 rings (SSSR count). The van der Waals surface area contributed by atoms with Crippen LogP contribution >= 0.6 is 0 Å². The van der Waals surface area contributed by atoms with Crippen molar-refractivity contribution in [1.29, 1.82) is 0 Å². The lowest BCUT2D eigenvalue weighted by molar-refractivity contribution is 0.850. The highest BCUT2D eigenvalue weighted by molar-refractivity contribution is 6.14. The fourth-order valence-corrected chi connectivity index (χ4v) is 8.06. The van der Waals surface area contributed by atoms with E-state index < -0.39 is 30.2 Å². The number of allylic oxidation sites excluding steroid dienone is 4. The molecule has 2 aromatic heterocycles. The highest BCUT2D eigenvalue weighted by Crippen LogP contribution is 2.41. The summed E-state index contributed by atoms with van der Waals surface area (Å²) in [6.07, 6.45) is 6.97. The number of hydrogen-bond acceptors (Lipinski definition) is 0. The summed E-state index contributed by atoms with van der Waals surface area (Å²) in [5.74, 6) is 0.0917. The van der Waals surface area contributed by atoms with Crippen LogP contribution in [0, 0.1) is 0 Å². The highest BCUT2D eigenvalue weighted by Gasteiger charge is 2.19. The zero-order chi connectivity index (χ0) is 45.7. The lowest BCUT2D eigenvalue weighted by Gasteiger charge is -2.19. The molecule has 1 atom stereocenters. The Hall–Kier alpha value is -7.16. The predicted molar refractivity (Wildman–Crippen MR) is 237 cm³/mol. The van der Waals surface area contributed by atoms with E-state index in [4.69, 9.17) is 5.48 Å². The van der Waals surface area contributed by atoms with Gasteiger partial charge in [-0.15, -0.1) is 0 Å². The molecule has 0 N–H and O–H groups in total. The molecule has 0 spiro atoms. The third kappa shape index (κ3) is 5.41. The summed E-state index contributed by atoms with van der Waals surface area (Å²) in [5.41, 5.74) is 7.32. The first-order valence-corrected chi connectivity index (χ1v) is 18.7. The molecule has 2 heteroatoms. The molecule has 1 aliphatic rings. The Morgan fingerprint density at radius 1 is 0.446 bits per heavy atom. The molecule has 2 nitrogen and oxygen atoms in total. The molecule has 0 amide bonds. The average Bonchev–Trinajstić information content (AvgIpc) is 3.90. The Balaban J connectivity index is 1.14. The van der Waals surface area contributed by atoms with Crippen LogP contribution < -0.4 is 0 Å². The largest absolute Gasteiger partial charge is 0.310 e. The monoisotopic (exact) mass is 724 g/mol. The van der Waals surface area contributed by atoms with Crippen molar-refractivity contribution in [2.45, 2.75) is 12.3 Å². The molecule has 8 aromatic carbocycles. The van der Waals surface area contributed by atoms with Gasteiger partial charge in [0.15, 0.2) is 0 Å². The van der Waals surface area contributed by atoms with Crippen molar-refractivity contribution in [3.63, 3.8) is 0 Å². The third-order valence-electron chi connectivity index (χ3n) is 10.8. The molecule has 10 aromatic rings. The second-order valence-electron chi connectivity index (χ2n) is 14.1. The Bertz CT molecular complexity index is 3710. The molecular formula is C54H38N2. The van der Waals surface area contributed by atoms with Crippen molar-refractivity contribution < 1.29 is 13.7 Å². The van der Waals surface area contributed by atoms with Crippen LogP contribution in [-0.4, -0.2) is 9.13 Å². The van der Waals surface area contributed by atoms with E-state index in [1.165, 1.54) is 4.57 Å². The first-order chi connectivity index (χ1) is 32.0. The summed E-state index contributed by atoms with van der Waals surface area (Å²) in [4.78, 5) is 0. The fourth-order valence-electron chi connectivity index (χ4n) is 8.06. The van der Waals surface area contributed by atoms with E-state index in [0.29, 0.717) is 33.9 Å². The number of para-hydroxylation sites is 2. The highest BCUT2D eigenvalue weighted by atomic mass is 15.0. The van der Waals surface area contributed by atoms with Gasteiger partial charge in [-0.25, -0.2) is 0 Å². The van der Waals surface area contributed by atoms with Crippen molar-refractivity contribution >= 4 is 49.3 Å². The SMILES string of the molecule is [2H]c1c([2H])c([2H])c2c(c1[2H])c1c([2H])c(-c3c([2H])c([2H])c4c(c3[2H])c3ccc(-c5ccccc5)cc3n4C3=CCC(c4ccc(-c5ccccc5)cc4)C=C3)c([2H])c([2H])c1n2-c1ccccc1. The number of hydrogen-bond donors (Lipinski definition) is 0. The van der Waals surface area contributed by atoms with Gasteiger partial charge in [-0.2, -0.15) is 0 Å². The second kappa shape index (κ2) is 13.3. The molecule has 0 radical (unpaired) electrons. The molecule has 0 saturated heterocycles. The van der Waals surface area contributed by atoms with Gasteiger partial charge in [0.05, 0.1) is 35.8 Å². The Kier molecular flexibility index (Phi) is 5.60. The van der Waals surface area contributed by atoms with E-state index in [2.05, 4.69) is 48.6 Å². The van der Waals surface area contributed by atoms with Crippen molar-refractivity contribution in [3.05, 3.63) is 218 Å². The molecule has 0 aliphatic heterocycles. The van der Waals surface area contributed by atoms with E-state index in [9.17, 15) is 8.22 Å². The van der Waals surface area contributed by atoms with Gasteiger partial charge in [-0.3, -0.25) is 0 Å². The minimum Gasteiger partial charge on any atom is -0.310 e. The van der Waals surface area contributed by atoms with Crippen LogP contribution in [0.3, 0.4) is 0 Å². The van der Waals surface area contributed by atoms with Crippen molar-refractivity contribution in [1.82, 2.24) is 9.13 Å². The maximum absolute atomic E-state index is 9.97. The standard InChI is InChI=1S/C54H38N2/c1-4-12-37(13-5-1)39-20-22-40(23-21-39)41-24-29-46(30-25-41)56-53-33-28-43(35-50(53)48-31-26-44(36-54(48)56)38-14-6-2-7-15-38)42-27-32-52-49(34-42)47-18-10-11-19-51(47)55(52)45-16-8-3-9-17-45/h1-24,26-36,41H,25H2/i10D,11D,18D,19D,27D,28D,32D,33D,34D,35D. The normalized spacial score (nSPS) is 16.7. The van der Waals surface area contributed by atoms with Crippen LogP contribution in [0.2, 0.25) is 0 Å². The van der Waals surface area contributed by atoms with Gasteiger partial charge in [0, 0.05) is 38.8 Å². The number of benzene rings is 8. The van der Waals surface area contributed by atoms with Gasteiger partial charge in [-0.05, 0) is 99.9 Å². The summed E-state index contributed by atoms with van der Waals surface area (Å²) in [6, 6.07) is 39.6. The van der Waals surface area contributed by atoms with Crippen LogP contribution in [-0.2, 0) is 0 Å². The van der Waals surface area contributed by atoms with E-state index >= 15 is 0 Å². The Morgan fingerprint density at radius 3 is 1.70 bits per heavy atom. The van der Waals surface area contributed by atoms with Gasteiger partial charge in [0.1, 0.15) is 0 Å². The van der Waals surface area contributed by atoms with Crippen LogP contribution in [0.1, 0.15) is 31.6 Å². The lowest BCUT2D eigenvalue weighted by Crippen LogP contribution is -2.03. The number of nitrogens with zero attached hydrogens (tertiary/aromatic N) is 2. The summed E-state index contributed by atoms with van der Waals surface area (Å²) >= 11 is 0. The minimum absolute atomic E-state index is 0.000954. The summed E-state index contributed by atoms with van der Waals surface area (Å²) in [6.45, 7) is 0. The quantitative estimate of drug-likeness (QED) is 0.162. The average molecular weight is 725 g/mol. The molecule has 2 heterocycles. The number of rotatable bonds is 6. The van der Waals surface area contributed by atoms with E-state index in [1.807, 2.05) is 77.4 Å². The summed E-state index contributed by atoms with van der Waals surface area (Å²) < 4.78 is 96.9. The summed E-state index contributed by atoms with van der Waals surface area (Å²) in [5, 5.41) is 0.986. The Morgan fingerprint density at radius 2 is 1.02 bits per heavy atom. The van der Waals surface area contributed by atoms with Gasteiger partial charge in [0.2, 0.25) is 0 Å². The van der Waals surface area contributed by atoms with Crippen molar-refractivity contribution in [2.24, 2.45) is 0 Å². The molecule has 264 valence electrons. The lowest BCUT2D eigenvalue weighted by atomic mass is 9.90. The molecule has 0 bridgehead atoms. The maximum atomic E-state index is 9.97. The van der Waals surface area contributed by atoms with Gasteiger partial charge < -0.3 is 9.13 Å². The van der Waals surface area contributed by atoms with E-state index in [0.717, 1.165) is 33.5 Å². The van der Waals surface area contributed by atoms with Crippen LogP contribution in [0.5, 0.6) is 0 Å². The van der Waals surface area contributed by atoms with Crippen LogP contribution in [0.15, 0.2) is 212 Å². The first kappa shape index (κ1) is 23.6. The molecule has 1 aliphatic carbocycles. The smallest absolute Gasteiger partial charge is 0.0645 e. The molecular weight excluding hydrogens is 677 g/mol. The van der Waals surface area contributed by atoms with E-state index in [-0.39, 0.29) is 69.1 Å². The zero-order valence-electron chi connectivity index (χ0n) is 40.1. The number of aromatic nitrogens is 2. The van der Waals surface area contributed by atoms with Crippen LogP contribution in [0.4, 0.5) is 0 Å². The second-order valence-corrected chi connectivity index (χ2v) is 14.1. The Labute approximate surface area is 340 Å². The topological polar surface area (TPSA) is 9.86 Å².